The van der Waals surface area contributed by atoms with Crippen molar-refractivity contribution in [3.05, 3.63) is 59.4 Å². The van der Waals surface area contributed by atoms with Crippen molar-refractivity contribution < 1.29 is 22.4 Å². The Morgan fingerprint density at radius 3 is 2.55 bits per heavy atom. The van der Waals surface area contributed by atoms with E-state index in [4.69, 9.17) is 19.7 Å². The zero-order valence-electron chi connectivity index (χ0n) is 18.2. The number of sulfonamides is 1. The van der Waals surface area contributed by atoms with Crippen molar-refractivity contribution in [2.45, 2.75) is 24.9 Å². The number of hydrogen-bond donors (Lipinski definition) is 2. The maximum Gasteiger partial charge on any atom is 0.266 e. The summed E-state index contributed by atoms with van der Waals surface area (Å²) in [5, 5.41) is 8.62. The third-order valence-electron chi connectivity index (χ3n) is 4.92. The molecule has 2 heterocycles. The van der Waals surface area contributed by atoms with Crippen LogP contribution < -0.4 is 19.9 Å². The van der Waals surface area contributed by atoms with Crippen LogP contribution in [0.15, 0.2) is 52.1 Å². The quantitative estimate of drug-likeness (QED) is 0.382. The van der Waals surface area contributed by atoms with Crippen molar-refractivity contribution in [1.29, 1.82) is 0 Å². The molecular weight excluding hydrogens is 470 g/mol. The second kappa shape index (κ2) is 9.69. The molecule has 176 valence electrons. The molecule has 0 saturated carbocycles. The predicted molar refractivity (Wildman–Crippen MR) is 126 cm³/mol. The maximum absolute atomic E-state index is 13.1. The highest BCUT2D eigenvalue weighted by Crippen LogP contribution is 2.36. The van der Waals surface area contributed by atoms with Gasteiger partial charge in [0, 0.05) is 18.3 Å². The summed E-state index contributed by atoms with van der Waals surface area (Å²) in [6, 6.07) is 8.44. The Hall–Kier alpha value is -3.28. The van der Waals surface area contributed by atoms with Crippen LogP contribution in [-0.4, -0.2) is 37.6 Å². The van der Waals surface area contributed by atoms with Gasteiger partial charge in [0.1, 0.15) is 21.8 Å². The van der Waals surface area contributed by atoms with Gasteiger partial charge in [0.15, 0.2) is 11.4 Å². The number of aryl methyl sites for hydroxylation is 1. The van der Waals surface area contributed by atoms with Crippen LogP contribution in [0.4, 0.5) is 5.82 Å². The van der Waals surface area contributed by atoms with Crippen LogP contribution in [0.2, 0.25) is 0 Å². The molecule has 3 N–H and O–H groups in total. The lowest BCUT2D eigenvalue weighted by atomic mass is 10.1. The minimum absolute atomic E-state index is 0. The molecule has 12 heteroatoms. The van der Waals surface area contributed by atoms with Gasteiger partial charge in [0.2, 0.25) is 0 Å². The van der Waals surface area contributed by atoms with Crippen LogP contribution in [0, 0.1) is 6.92 Å². The van der Waals surface area contributed by atoms with E-state index in [2.05, 4.69) is 15.0 Å². The molecule has 0 aliphatic rings. The van der Waals surface area contributed by atoms with Crippen LogP contribution in [0.25, 0.3) is 11.0 Å². The third kappa shape index (κ3) is 4.90. The van der Waals surface area contributed by atoms with Gasteiger partial charge in [-0.2, -0.15) is 5.10 Å². The molecule has 0 fully saturated rings. The van der Waals surface area contributed by atoms with Crippen LogP contribution >= 0.6 is 12.4 Å². The topological polar surface area (TPSA) is 134 Å². The molecule has 0 spiro atoms. The highest BCUT2D eigenvalue weighted by molar-refractivity contribution is 7.92. The summed E-state index contributed by atoms with van der Waals surface area (Å²) in [6.45, 7) is 2.65. The zero-order valence-corrected chi connectivity index (χ0v) is 19.9. The Bertz CT molecular complexity index is 1380. The summed E-state index contributed by atoms with van der Waals surface area (Å²) in [5.74, 6) is 0.663. The summed E-state index contributed by atoms with van der Waals surface area (Å²) < 4.78 is 46.5. The van der Waals surface area contributed by atoms with Gasteiger partial charge in [-0.25, -0.2) is 8.42 Å². The Morgan fingerprint density at radius 2 is 1.88 bits per heavy atom. The highest BCUT2D eigenvalue weighted by Gasteiger charge is 2.24. The Labute approximate surface area is 197 Å². The van der Waals surface area contributed by atoms with Crippen LogP contribution in [0.1, 0.15) is 16.7 Å². The average Bonchev–Trinajstić information content (AvgIpc) is 3.39. The fraction of sp³-hybridized carbons (Fsp3) is 0.238. The lowest BCUT2D eigenvalue weighted by molar-refractivity contribution is 0.402. The Morgan fingerprint density at radius 1 is 1.12 bits per heavy atom. The van der Waals surface area contributed by atoms with Gasteiger partial charge in [-0.3, -0.25) is 9.40 Å². The van der Waals surface area contributed by atoms with E-state index in [1.54, 1.807) is 42.1 Å². The summed E-state index contributed by atoms with van der Waals surface area (Å²) in [5.41, 5.74) is 8.54. The van der Waals surface area contributed by atoms with Gasteiger partial charge < -0.3 is 19.7 Å². The molecule has 10 nitrogen and oxygen atoms in total. The number of fused-ring (bicyclic) bond motifs is 1. The van der Waals surface area contributed by atoms with E-state index >= 15 is 0 Å². The van der Waals surface area contributed by atoms with Crippen LogP contribution in [-0.2, 0) is 23.1 Å². The van der Waals surface area contributed by atoms with Crippen molar-refractivity contribution in [2.75, 3.05) is 18.9 Å². The molecule has 0 saturated heterocycles. The maximum atomic E-state index is 13.1. The van der Waals surface area contributed by atoms with E-state index in [0.29, 0.717) is 29.8 Å². The third-order valence-corrected chi connectivity index (χ3v) is 6.28. The second-order valence-electron chi connectivity index (χ2n) is 7.21. The molecular formula is C21H24ClN5O5S. The minimum Gasteiger partial charge on any atom is -0.496 e. The fourth-order valence-electron chi connectivity index (χ4n) is 3.37. The number of rotatable bonds is 8. The normalized spacial score (nSPS) is 11.3. The Kier molecular flexibility index (Phi) is 7.15. The van der Waals surface area contributed by atoms with E-state index in [9.17, 15) is 8.42 Å². The molecule has 33 heavy (non-hydrogen) atoms. The summed E-state index contributed by atoms with van der Waals surface area (Å²) >= 11 is 0. The second-order valence-corrected chi connectivity index (χ2v) is 8.86. The molecule has 0 amide bonds. The molecule has 0 radical (unpaired) electrons. The van der Waals surface area contributed by atoms with E-state index in [1.807, 2.05) is 6.20 Å². The largest absolute Gasteiger partial charge is 0.496 e. The smallest absolute Gasteiger partial charge is 0.266 e. The summed E-state index contributed by atoms with van der Waals surface area (Å²) in [4.78, 5) is 0.00104. The summed E-state index contributed by atoms with van der Waals surface area (Å²) in [6.07, 6.45) is 3.56. The molecule has 2 aromatic heterocycles. The molecule has 4 rings (SSSR count). The zero-order chi connectivity index (χ0) is 22.9. The monoisotopic (exact) mass is 493 g/mol. The van der Waals surface area contributed by atoms with Crippen molar-refractivity contribution >= 4 is 39.2 Å². The van der Waals surface area contributed by atoms with Crippen molar-refractivity contribution in [1.82, 2.24) is 14.9 Å². The lowest BCUT2D eigenvalue weighted by Gasteiger charge is -2.11. The lowest BCUT2D eigenvalue weighted by Crippen LogP contribution is -2.15. The first-order valence-corrected chi connectivity index (χ1v) is 11.2. The minimum atomic E-state index is -4.00. The molecule has 0 unspecified atom stereocenters. The number of nitrogens with one attached hydrogen (secondary N) is 1. The van der Waals surface area contributed by atoms with E-state index in [-0.39, 0.29) is 28.9 Å². The first kappa shape index (κ1) is 24.4. The number of aromatic nitrogens is 3. The highest BCUT2D eigenvalue weighted by atomic mass is 35.5. The van der Waals surface area contributed by atoms with Crippen molar-refractivity contribution in [2.24, 2.45) is 5.73 Å². The number of anilines is 1. The van der Waals surface area contributed by atoms with Gasteiger partial charge in [-0.15, -0.1) is 12.4 Å². The van der Waals surface area contributed by atoms with Gasteiger partial charge in [-0.05, 0) is 42.3 Å². The number of benzene rings is 2. The SMILES string of the molecule is COc1ccc(C)cc1S(=O)(=O)Nc1noc2cc(Cn3cc(CN)cn3)cc(OC)c12.Cl. The number of nitrogens with two attached hydrogens (primary N) is 1. The molecule has 4 aromatic rings. The molecule has 0 bridgehead atoms. The fourth-order valence-corrected chi connectivity index (χ4v) is 4.63. The van der Waals surface area contributed by atoms with Gasteiger partial charge in [0.05, 0.1) is 27.0 Å². The average molecular weight is 494 g/mol. The summed E-state index contributed by atoms with van der Waals surface area (Å²) in [7, 11) is -1.10. The van der Waals surface area contributed by atoms with E-state index in [0.717, 1.165) is 16.7 Å². The number of nitrogens with zero attached hydrogens (tertiary/aromatic N) is 3. The standard InChI is InChI=1S/C21H23N5O5S.ClH/c1-13-4-5-16(29-2)19(6-13)32(27,28)25-21-20-17(30-3)7-14(8-18(20)31-24-21)11-26-12-15(9-22)10-23-26;/h4-8,10,12H,9,11,22H2,1-3H3,(H,24,25);1H. The molecule has 0 aliphatic heterocycles. The van der Waals surface area contributed by atoms with Crippen LogP contribution in [0.3, 0.4) is 0 Å². The van der Waals surface area contributed by atoms with E-state index < -0.39 is 10.0 Å². The number of hydrogen-bond acceptors (Lipinski definition) is 8. The number of ether oxygens (including phenoxy) is 2. The first-order chi connectivity index (χ1) is 15.3. The van der Waals surface area contributed by atoms with Gasteiger partial charge >= 0.3 is 0 Å². The molecule has 0 aliphatic carbocycles. The molecule has 2 aromatic carbocycles. The number of methoxy groups -OCH3 is 2. The van der Waals surface area contributed by atoms with Crippen molar-refractivity contribution in [3.63, 3.8) is 0 Å². The molecule has 0 atom stereocenters. The van der Waals surface area contributed by atoms with Gasteiger partial charge in [0.25, 0.3) is 10.0 Å². The number of halogens is 1. The van der Waals surface area contributed by atoms with E-state index in [1.165, 1.54) is 20.3 Å². The Balaban J connectivity index is 0.00000306. The van der Waals surface area contributed by atoms with Crippen LogP contribution in [0.5, 0.6) is 11.5 Å². The first-order valence-electron chi connectivity index (χ1n) is 9.69. The predicted octanol–water partition coefficient (Wildman–Crippen LogP) is 3.08. The van der Waals surface area contributed by atoms with Gasteiger partial charge in [-0.1, -0.05) is 11.2 Å². The van der Waals surface area contributed by atoms with Crippen molar-refractivity contribution in [3.8, 4) is 11.5 Å².